The molecule has 2 atom stereocenters. The lowest BCUT2D eigenvalue weighted by Gasteiger charge is -2.37. The molecule has 7 aromatic rings. The first-order chi connectivity index (χ1) is 20.3. The third kappa shape index (κ3) is 3.97. The molecule has 0 bridgehead atoms. The number of aromatic nitrogens is 2. The van der Waals surface area contributed by atoms with Gasteiger partial charge in [0.2, 0.25) is 0 Å². The van der Waals surface area contributed by atoms with Gasteiger partial charge in [-0.05, 0) is 54.4 Å². The molecular formula is C36H28N4S. The molecule has 1 aliphatic rings. The van der Waals surface area contributed by atoms with Crippen LogP contribution in [0.15, 0.2) is 133 Å². The summed E-state index contributed by atoms with van der Waals surface area (Å²) in [5.74, 6) is 0. The lowest BCUT2D eigenvalue weighted by molar-refractivity contribution is 0.583. The molecule has 4 nitrogen and oxygen atoms in total. The van der Waals surface area contributed by atoms with Gasteiger partial charge in [0.05, 0.1) is 22.6 Å². The molecule has 0 radical (unpaired) electrons. The largest absolute Gasteiger partial charge is 0.345 e. The zero-order valence-corrected chi connectivity index (χ0v) is 23.2. The molecule has 198 valence electrons. The standard InChI is InChI=1S/C36H28N4S/c37-35(24-11-3-1-4-12-24)39(25-13-5-2-6-14-25)26-19-21-27(22-20-26)40-31-17-9-7-16-29(31)34-32(40)23-30-28-15-8-10-18-33(28)41-36(30)38-34/h1-13,15-23,25,35H,14,37H2. The van der Waals surface area contributed by atoms with Crippen LogP contribution in [-0.4, -0.2) is 15.6 Å². The highest BCUT2D eigenvalue weighted by molar-refractivity contribution is 7.25. The van der Waals surface area contributed by atoms with Gasteiger partial charge in [-0.3, -0.25) is 0 Å². The SMILES string of the molecule is NC(c1ccccc1)N(c1ccc(-n2c3ccccc3c3nc4sc5ccccc5c4cc32)cc1)C1C=CC=CC1. The summed E-state index contributed by atoms with van der Waals surface area (Å²) >= 11 is 1.76. The number of thiophene rings is 1. The highest BCUT2D eigenvalue weighted by Gasteiger charge is 2.24. The van der Waals surface area contributed by atoms with E-state index in [1.54, 1.807) is 11.3 Å². The van der Waals surface area contributed by atoms with Gasteiger partial charge in [-0.25, -0.2) is 4.98 Å². The Kier molecular flexibility index (Phi) is 5.73. The summed E-state index contributed by atoms with van der Waals surface area (Å²) < 4.78 is 3.61. The second-order valence-corrected chi connectivity index (χ2v) is 11.6. The van der Waals surface area contributed by atoms with Gasteiger partial charge in [0.1, 0.15) is 11.0 Å². The molecule has 0 fully saturated rings. The highest BCUT2D eigenvalue weighted by Crippen LogP contribution is 2.39. The lowest BCUT2D eigenvalue weighted by Crippen LogP contribution is -2.42. The Balaban J connectivity index is 1.28. The van der Waals surface area contributed by atoms with Gasteiger partial charge in [0.25, 0.3) is 0 Å². The van der Waals surface area contributed by atoms with Crippen molar-refractivity contribution in [2.45, 2.75) is 18.6 Å². The van der Waals surface area contributed by atoms with Gasteiger partial charge in [-0.1, -0.05) is 91.0 Å². The summed E-state index contributed by atoms with van der Waals surface area (Å²) in [6.07, 6.45) is 9.33. The number of benzene rings is 4. The molecular weight excluding hydrogens is 520 g/mol. The maximum Gasteiger partial charge on any atom is 0.125 e. The fourth-order valence-corrected chi connectivity index (χ4v) is 7.26. The number of anilines is 1. The van der Waals surface area contributed by atoms with Gasteiger partial charge >= 0.3 is 0 Å². The van der Waals surface area contributed by atoms with Crippen molar-refractivity contribution in [2.24, 2.45) is 5.73 Å². The predicted octanol–water partition coefficient (Wildman–Crippen LogP) is 8.90. The molecule has 5 heteroatoms. The maximum absolute atomic E-state index is 6.93. The van der Waals surface area contributed by atoms with Crippen LogP contribution in [0.25, 0.3) is 47.9 Å². The number of hydrogen-bond acceptors (Lipinski definition) is 4. The Labute approximate surface area is 242 Å². The van der Waals surface area contributed by atoms with E-state index >= 15 is 0 Å². The van der Waals surface area contributed by atoms with Gasteiger partial charge in [-0.15, -0.1) is 11.3 Å². The molecule has 0 saturated heterocycles. The van der Waals surface area contributed by atoms with Crippen LogP contribution >= 0.6 is 11.3 Å². The average molecular weight is 549 g/mol. The Morgan fingerprint density at radius 2 is 1.54 bits per heavy atom. The van der Waals surface area contributed by atoms with Crippen molar-refractivity contribution in [3.63, 3.8) is 0 Å². The summed E-state index contributed by atoms with van der Waals surface area (Å²) in [5.41, 5.74) is 13.5. The second-order valence-electron chi connectivity index (χ2n) is 10.6. The van der Waals surface area contributed by atoms with Crippen LogP contribution in [0.5, 0.6) is 0 Å². The Bertz CT molecular complexity index is 2100. The smallest absolute Gasteiger partial charge is 0.125 e. The molecule has 2 N–H and O–H groups in total. The minimum Gasteiger partial charge on any atom is -0.345 e. The zero-order valence-electron chi connectivity index (χ0n) is 22.4. The summed E-state index contributed by atoms with van der Waals surface area (Å²) in [5, 5.41) is 3.63. The quantitative estimate of drug-likeness (QED) is 0.219. The van der Waals surface area contributed by atoms with E-state index in [1.807, 2.05) is 6.07 Å². The van der Waals surface area contributed by atoms with E-state index in [9.17, 15) is 0 Å². The summed E-state index contributed by atoms with van der Waals surface area (Å²) in [6, 6.07) is 38.8. The molecule has 1 aliphatic carbocycles. The second kappa shape index (κ2) is 9.73. The topological polar surface area (TPSA) is 47.1 Å². The number of rotatable bonds is 5. The Hall–Kier alpha value is -4.71. The van der Waals surface area contributed by atoms with Crippen LogP contribution in [0.4, 0.5) is 5.69 Å². The fraction of sp³-hybridized carbons (Fsp3) is 0.0833. The van der Waals surface area contributed by atoms with Crippen LogP contribution in [-0.2, 0) is 0 Å². The van der Waals surface area contributed by atoms with Gasteiger partial charge in [0.15, 0.2) is 0 Å². The Morgan fingerprint density at radius 3 is 2.34 bits per heavy atom. The third-order valence-corrected chi connectivity index (χ3v) is 9.23. The fourth-order valence-electron chi connectivity index (χ4n) is 6.20. The van der Waals surface area contributed by atoms with Gasteiger partial charge < -0.3 is 15.2 Å². The first-order valence-corrected chi connectivity index (χ1v) is 14.8. The maximum atomic E-state index is 6.93. The highest BCUT2D eigenvalue weighted by atomic mass is 32.1. The monoisotopic (exact) mass is 548 g/mol. The zero-order chi connectivity index (χ0) is 27.3. The molecule has 3 heterocycles. The Morgan fingerprint density at radius 1 is 0.780 bits per heavy atom. The van der Waals surface area contributed by atoms with E-state index < -0.39 is 0 Å². The molecule has 2 unspecified atom stereocenters. The van der Waals surface area contributed by atoms with Crippen molar-refractivity contribution >= 4 is 59.3 Å². The number of fused-ring (bicyclic) bond motifs is 6. The van der Waals surface area contributed by atoms with Crippen molar-refractivity contribution in [1.29, 1.82) is 0 Å². The molecule has 41 heavy (non-hydrogen) atoms. The van der Waals surface area contributed by atoms with Crippen LogP contribution in [0.3, 0.4) is 0 Å². The van der Waals surface area contributed by atoms with E-state index in [2.05, 4.69) is 137 Å². The molecule has 8 rings (SSSR count). The van der Waals surface area contributed by atoms with Gasteiger partial charge in [0, 0.05) is 32.2 Å². The molecule has 0 amide bonds. The summed E-state index contributed by atoms with van der Waals surface area (Å²) in [7, 11) is 0. The van der Waals surface area contributed by atoms with Crippen molar-refractivity contribution in [2.75, 3.05) is 4.90 Å². The van der Waals surface area contributed by atoms with E-state index in [4.69, 9.17) is 10.7 Å². The van der Waals surface area contributed by atoms with E-state index in [-0.39, 0.29) is 12.2 Å². The van der Waals surface area contributed by atoms with Crippen LogP contribution < -0.4 is 10.6 Å². The molecule has 4 aromatic carbocycles. The summed E-state index contributed by atoms with van der Waals surface area (Å²) in [6.45, 7) is 0. The molecule has 0 saturated carbocycles. The number of para-hydroxylation sites is 1. The van der Waals surface area contributed by atoms with Crippen molar-refractivity contribution in [1.82, 2.24) is 9.55 Å². The lowest BCUT2D eigenvalue weighted by atomic mass is 10.0. The first kappa shape index (κ1) is 24.1. The predicted molar refractivity (Wildman–Crippen MR) is 174 cm³/mol. The average Bonchev–Trinajstić information content (AvgIpc) is 3.56. The minimum absolute atomic E-state index is 0.179. The van der Waals surface area contributed by atoms with Crippen LogP contribution in [0.2, 0.25) is 0 Å². The van der Waals surface area contributed by atoms with Crippen LogP contribution in [0, 0.1) is 0 Å². The van der Waals surface area contributed by atoms with E-state index in [1.165, 1.54) is 15.5 Å². The van der Waals surface area contributed by atoms with Crippen LogP contribution in [0.1, 0.15) is 18.2 Å². The van der Waals surface area contributed by atoms with E-state index in [0.29, 0.717) is 0 Å². The van der Waals surface area contributed by atoms with E-state index in [0.717, 1.165) is 50.1 Å². The minimum atomic E-state index is -0.263. The van der Waals surface area contributed by atoms with Crippen molar-refractivity contribution in [3.8, 4) is 5.69 Å². The summed E-state index contributed by atoms with van der Waals surface area (Å²) in [4.78, 5) is 8.62. The number of nitrogens with zero attached hydrogens (tertiary/aromatic N) is 3. The molecule has 3 aromatic heterocycles. The molecule has 0 spiro atoms. The normalized spacial score (nSPS) is 15.8. The number of pyridine rings is 1. The number of hydrogen-bond donors (Lipinski definition) is 1. The molecule has 0 aliphatic heterocycles. The number of nitrogens with two attached hydrogens (primary N) is 1. The van der Waals surface area contributed by atoms with Gasteiger partial charge in [-0.2, -0.15) is 0 Å². The van der Waals surface area contributed by atoms with Crippen molar-refractivity contribution in [3.05, 3.63) is 139 Å². The first-order valence-electron chi connectivity index (χ1n) is 14.0. The van der Waals surface area contributed by atoms with Crippen molar-refractivity contribution < 1.29 is 0 Å². The third-order valence-electron chi connectivity index (χ3n) is 8.15. The number of allylic oxidation sites excluding steroid dienone is 2.